The Labute approximate surface area is 140 Å². The van der Waals surface area contributed by atoms with Crippen LogP contribution in [0.15, 0.2) is 52.3 Å². The van der Waals surface area contributed by atoms with Gasteiger partial charge in [-0.05, 0) is 38.1 Å². The van der Waals surface area contributed by atoms with E-state index in [0.717, 1.165) is 15.9 Å². The number of hydrogen-bond acceptors (Lipinski definition) is 5. The van der Waals surface area contributed by atoms with Gasteiger partial charge in [-0.15, -0.1) is 4.73 Å². The fourth-order valence-corrected chi connectivity index (χ4v) is 3.43. The lowest BCUT2D eigenvalue weighted by molar-refractivity contribution is 0.256. The third kappa shape index (κ3) is 2.82. The lowest BCUT2D eigenvalue weighted by atomic mass is 10.0. The molecule has 0 amide bonds. The third-order valence-electron chi connectivity index (χ3n) is 4.13. The molecule has 1 aliphatic rings. The van der Waals surface area contributed by atoms with Crippen LogP contribution in [0.1, 0.15) is 29.8 Å². The topological polar surface area (TPSA) is 68.6 Å². The van der Waals surface area contributed by atoms with Crippen molar-refractivity contribution in [3.8, 4) is 0 Å². The first-order valence-corrected chi connectivity index (χ1v) is 8.88. The van der Waals surface area contributed by atoms with Crippen LogP contribution in [-0.4, -0.2) is 25.1 Å². The van der Waals surface area contributed by atoms with Crippen molar-refractivity contribution in [3.63, 3.8) is 0 Å². The Morgan fingerprint density at radius 1 is 1.08 bits per heavy atom. The fraction of sp³-hybridized carbons (Fsp3) is 0.235. The Balaban J connectivity index is 2.07. The maximum atomic E-state index is 12.5. The predicted molar refractivity (Wildman–Crippen MR) is 90.9 cm³/mol. The van der Waals surface area contributed by atoms with Gasteiger partial charge in [-0.1, -0.05) is 17.7 Å². The Morgan fingerprint density at radius 2 is 1.75 bits per heavy atom. The fourth-order valence-electron chi connectivity index (χ4n) is 2.53. The molecule has 0 bridgehead atoms. The maximum absolute atomic E-state index is 12.5. The van der Waals surface area contributed by atoms with Crippen molar-refractivity contribution in [2.45, 2.75) is 24.8 Å². The smallest absolute Gasteiger partial charge is 0.357 e. The minimum Gasteiger partial charge on any atom is -0.374 e. The van der Waals surface area contributed by atoms with Crippen LogP contribution in [0.25, 0.3) is 6.08 Å². The molecule has 0 N–H and O–H groups in total. The lowest BCUT2D eigenvalue weighted by Crippen LogP contribution is -2.35. The molecule has 0 fully saturated rings. The summed E-state index contributed by atoms with van der Waals surface area (Å²) < 4.78 is 30.9. The van der Waals surface area contributed by atoms with Gasteiger partial charge in [0.15, 0.2) is 0 Å². The Hall–Kier alpha value is -2.54. The van der Waals surface area contributed by atoms with Crippen LogP contribution in [0.5, 0.6) is 0 Å². The van der Waals surface area contributed by atoms with Gasteiger partial charge in [0, 0.05) is 24.9 Å². The van der Waals surface area contributed by atoms with Crippen LogP contribution in [0.3, 0.4) is 0 Å². The van der Waals surface area contributed by atoms with Crippen LogP contribution in [0.2, 0.25) is 0 Å². The standard InChI is InChI=1S/C17H18N2O4S/c1-12-4-6-14(7-5-12)24(21,22)23-19-16-10-11-18(3)13(2)15(16)8-9-17(19)20/h4-11,13H,1-3H3. The van der Waals surface area contributed by atoms with Crippen molar-refractivity contribution in [1.29, 1.82) is 0 Å². The van der Waals surface area contributed by atoms with E-state index in [0.29, 0.717) is 5.69 Å². The average Bonchev–Trinajstić information content (AvgIpc) is 2.54. The molecular weight excluding hydrogens is 328 g/mol. The van der Waals surface area contributed by atoms with Gasteiger partial charge in [0.25, 0.3) is 5.56 Å². The van der Waals surface area contributed by atoms with E-state index in [1.165, 1.54) is 18.2 Å². The zero-order chi connectivity index (χ0) is 17.5. The van der Waals surface area contributed by atoms with E-state index in [2.05, 4.69) is 0 Å². The summed E-state index contributed by atoms with van der Waals surface area (Å²) in [5.74, 6) is 0. The molecule has 0 saturated heterocycles. The summed E-state index contributed by atoms with van der Waals surface area (Å²) in [6, 6.07) is 9.28. The maximum Gasteiger partial charge on any atom is 0.357 e. The van der Waals surface area contributed by atoms with E-state index in [4.69, 9.17) is 4.28 Å². The molecule has 7 heteroatoms. The van der Waals surface area contributed by atoms with Crippen molar-refractivity contribution in [2.75, 3.05) is 7.05 Å². The molecular formula is C17H18N2O4S. The number of hydrogen-bond donors (Lipinski definition) is 0. The summed E-state index contributed by atoms with van der Waals surface area (Å²) in [6.45, 7) is 3.82. The highest BCUT2D eigenvalue weighted by Crippen LogP contribution is 2.27. The zero-order valence-corrected chi connectivity index (χ0v) is 14.4. The molecule has 0 spiro atoms. The van der Waals surface area contributed by atoms with Gasteiger partial charge in [-0.3, -0.25) is 9.08 Å². The van der Waals surface area contributed by atoms with Gasteiger partial charge in [-0.2, -0.15) is 8.42 Å². The second-order valence-electron chi connectivity index (χ2n) is 5.81. The Bertz CT molecular complexity index is 959. The van der Waals surface area contributed by atoms with Crippen LogP contribution in [0, 0.1) is 6.92 Å². The first-order valence-electron chi connectivity index (χ1n) is 7.47. The highest BCUT2D eigenvalue weighted by atomic mass is 32.2. The number of rotatable bonds is 3. The van der Waals surface area contributed by atoms with E-state index >= 15 is 0 Å². The van der Waals surface area contributed by atoms with Crippen molar-refractivity contribution in [2.24, 2.45) is 0 Å². The summed E-state index contributed by atoms with van der Waals surface area (Å²) in [4.78, 5) is 14.1. The first kappa shape index (κ1) is 16.3. The predicted octanol–water partition coefficient (Wildman–Crippen LogP) is 1.95. The van der Waals surface area contributed by atoms with E-state index in [9.17, 15) is 13.2 Å². The SMILES string of the molecule is Cc1ccc(S(=O)(=O)On2c3c(ccc2=O)C(C)N(C)C=C3)cc1. The second kappa shape index (κ2) is 5.83. The van der Waals surface area contributed by atoms with Gasteiger partial charge in [0.1, 0.15) is 4.90 Å². The van der Waals surface area contributed by atoms with Gasteiger partial charge in [-0.25, -0.2) is 0 Å². The van der Waals surface area contributed by atoms with Gasteiger partial charge >= 0.3 is 10.1 Å². The van der Waals surface area contributed by atoms with Gasteiger partial charge < -0.3 is 4.90 Å². The van der Waals surface area contributed by atoms with Crippen molar-refractivity contribution in [1.82, 2.24) is 9.63 Å². The second-order valence-corrected chi connectivity index (χ2v) is 7.33. The molecule has 2 heterocycles. The molecule has 24 heavy (non-hydrogen) atoms. The monoisotopic (exact) mass is 346 g/mol. The lowest BCUT2D eigenvalue weighted by Gasteiger charge is -2.29. The minimum absolute atomic E-state index is 0.00234. The molecule has 0 radical (unpaired) electrons. The van der Waals surface area contributed by atoms with Crippen LogP contribution in [0.4, 0.5) is 0 Å². The van der Waals surface area contributed by atoms with E-state index < -0.39 is 15.7 Å². The van der Waals surface area contributed by atoms with Crippen LogP contribution in [-0.2, 0) is 10.1 Å². The van der Waals surface area contributed by atoms with E-state index in [1.54, 1.807) is 30.5 Å². The molecule has 1 unspecified atom stereocenters. The molecule has 6 nitrogen and oxygen atoms in total. The highest BCUT2D eigenvalue weighted by Gasteiger charge is 2.24. The van der Waals surface area contributed by atoms with E-state index in [1.807, 2.05) is 25.8 Å². The number of benzene rings is 1. The van der Waals surface area contributed by atoms with Crippen molar-refractivity contribution < 1.29 is 12.7 Å². The quantitative estimate of drug-likeness (QED) is 0.850. The molecule has 1 atom stereocenters. The average molecular weight is 346 g/mol. The largest absolute Gasteiger partial charge is 0.374 e. The van der Waals surface area contributed by atoms with Crippen molar-refractivity contribution >= 4 is 16.2 Å². The number of aryl methyl sites for hydroxylation is 1. The molecule has 1 aromatic heterocycles. The molecule has 0 aliphatic carbocycles. The number of nitrogens with zero attached hydrogens (tertiary/aromatic N) is 2. The van der Waals surface area contributed by atoms with Crippen LogP contribution < -0.4 is 9.84 Å². The summed E-state index contributed by atoms with van der Waals surface area (Å²) in [7, 11) is -2.20. The van der Waals surface area contributed by atoms with Crippen LogP contribution >= 0.6 is 0 Å². The molecule has 126 valence electrons. The molecule has 1 aromatic carbocycles. The van der Waals surface area contributed by atoms with Gasteiger partial charge in [0.05, 0.1) is 11.7 Å². The molecule has 1 aliphatic heterocycles. The summed E-state index contributed by atoms with van der Waals surface area (Å²) in [5.41, 5.74) is 1.65. The number of fused-ring (bicyclic) bond motifs is 1. The Morgan fingerprint density at radius 3 is 2.42 bits per heavy atom. The minimum atomic E-state index is -4.10. The van der Waals surface area contributed by atoms with E-state index in [-0.39, 0.29) is 10.9 Å². The Kier molecular flexibility index (Phi) is 3.96. The number of aromatic nitrogens is 1. The highest BCUT2D eigenvalue weighted by molar-refractivity contribution is 7.87. The summed E-state index contributed by atoms with van der Waals surface area (Å²) in [6.07, 6.45) is 3.45. The van der Waals surface area contributed by atoms with Crippen molar-refractivity contribution in [3.05, 3.63) is 69.8 Å². The molecule has 3 rings (SSSR count). The number of pyridine rings is 1. The van der Waals surface area contributed by atoms with Gasteiger partial charge in [0.2, 0.25) is 0 Å². The third-order valence-corrected chi connectivity index (χ3v) is 5.33. The normalized spacial score (nSPS) is 16.8. The first-order chi connectivity index (χ1) is 11.3. The summed E-state index contributed by atoms with van der Waals surface area (Å²) >= 11 is 0. The summed E-state index contributed by atoms with van der Waals surface area (Å²) in [5, 5.41) is 0. The zero-order valence-electron chi connectivity index (χ0n) is 13.6. The molecule has 2 aromatic rings. The molecule has 0 saturated carbocycles.